The molecule has 2 aromatic rings. The third-order valence-corrected chi connectivity index (χ3v) is 4.91. The van der Waals surface area contributed by atoms with Gasteiger partial charge in [0.2, 0.25) is 5.91 Å². The Kier molecular flexibility index (Phi) is 6.06. The predicted molar refractivity (Wildman–Crippen MR) is 105 cm³/mol. The Hall–Kier alpha value is -2.89. The molecule has 0 radical (unpaired) electrons. The summed E-state index contributed by atoms with van der Waals surface area (Å²) in [4.78, 5) is 30.4. The van der Waals surface area contributed by atoms with Crippen molar-refractivity contribution in [3.8, 4) is 0 Å². The molecule has 0 bridgehead atoms. The highest BCUT2D eigenvalue weighted by molar-refractivity contribution is 5.91. The van der Waals surface area contributed by atoms with E-state index >= 15 is 0 Å². The van der Waals surface area contributed by atoms with Crippen molar-refractivity contribution in [2.45, 2.75) is 45.7 Å². The summed E-state index contributed by atoms with van der Waals surface area (Å²) in [6.45, 7) is 5.02. The first-order valence-electron chi connectivity index (χ1n) is 9.39. The van der Waals surface area contributed by atoms with Crippen molar-refractivity contribution in [1.29, 1.82) is 0 Å². The second-order valence-corrected chi connectivity index (χ2v) is 6.93. The molecule has 3 rings (SSSR count). The number of nitrogens with zero attached hydrogens (tertiary/aromatic N) is 2. The lowest BCUT2D eigenvalue weighted by Gasteiger charge is -2.27. The number of aryl methyl sites for hydroxylation is 2. The number of aromatic nitrogens is 1. The Morgan fingerprint density at radius 3 is 2.74 bits per heavy atom. The number of benzene rings is 1. The van der Waals surface area contributed by atoms with E-state index in [0.717, 1.165) is 35.2 Å². The minimum Gasteiger partial charge on any atom is -0.352 e. The molecule has 6 nitrogen and oxygen atoms in total. The highest BCUT2D eigenvalue weighted by Crippen LogP contribution is 2.22. The fourth-order valence-electron chi connectivity index (χ4n) is 3.40. The predicted octanol–water partition coefficient (Wildman–Crippen LogP) is 3.27. The number of nitrogens with one attached hydrogen (secondary N) is 2. The Morgan fingerprint density at radius 2 is 2.07 bits per heavy atom. The molecule has 0 aliphatic carbocycles. The minimum atomic E-state index is -0.156. The van der Waals surface area contributed by atoms with E-state index in [2.05, 4.69) is 22.5 Å². The van der Waals surface area contributed by atoms with Crippen LogP contribution in [-0.2, 0) is 17.8 Å². The molecule has 1 atom stereocenters. The summed E-state index contributed by atoms with van der Waals surface area (Å²) in [6, 6.07) is 9.68. The van der Waals surface area contributed by atoms with Crippen LogP contribution in [0.3, 0.4) is 0 Å². The number of hydrogen-bond acceptors (Lipinski definition) is 3. The first-order valence-corrected chi connectivity index (χ1v) is 9.39. The average molecular weight is 366 g/mol. The van der Waals surface area contributed by atoms with Crippen LogP contribution in [0.1, 0.15) is 36.5 Å². The quantitative estimate of drug-likeness (QED) is 0.824. The van der Waals surface area contributed by atoms with Crippen molar-refractivity contribution in [2.24, 2.45) is 0 Å². The van der Waals surface area contributed by atoms with Crippen LogP contribution in [-0.4, -0.2) is 34.4 Å². The lowest BCUT2D eigenvalue weighted by molar-refractivity contribution is -0.119. The number of amides is 3. The third-order valence-electron chi connectivity index (χ3n) is 4.91. The number of carbonyl (C=O) groups excluding carboxylic acids is 2. The average Bonchev–Trinajstić information content (AvgIpc) is 3.08. The van der Waals surface area contributed by atoms with E-state index < -0.39 is 0 Å². The molecule has 1 aliphatic heterocycles. The molecule has 3 amide bonds. The van der Waals surface area contributed by atoms with E-state index in [1.165, 1.54) is 0 Å². The van der Waals surface area contributed by atoms with Gasteiger partial charge in [0, 0.05) is 43.6 Å². The van der Waals surface area contributed by atoms with Gasteiger partial charge in [0.25, 0.3) is 0 Å². The summed E-state index contributed by atoms with van der Waals surface area (Å²) in [5, 5.41) is 6.04. The van der Waals surface area contributed by atoms with Gasteiger partial charge < -0.3 is 15.5 Å². The molecule has 2 heterocycles. The number of para-hydroxylation sites is 1. The Morgan fingerprint density at radius 1 is 1.30 bits per heavy atom. The Labute approximate surface area is 160 Å². The van der Waals surface area contributed by atoms with E-state index in [1.54, 1.807) is 17.3 Å². The highest BCUT2D eigenvalue weighted by atomic mass is 16.2. The molecule has 2 N–H and O–H groups in total. The molecule has 0 unspecified atom stereocenters. The Balaban J connectivity index is 1.78. The van der Waals surface area contributed by atoms with Gasteiger partial charge in [0.05, 0.1) is 0 Å². The molecule has 1 aliphatic rings. The van der Waals surface area contributed by atoms with Crippen molar-refractivity contribution in [3.05, 3.63) is 59.4 Å². The maximum absolute atomic E-state index is 13.1. The van der Waals surface area contributed by atoms with Gasteiger partial charge in [-0.05, 0) is 48.6 Å². The summed E-state index contributed by atoms with van der Waals surface area (Å²) < 4.78 is 0. The summed E-state index contributed by atoms with van der Waals surface area (Å²) >= 11 is 0. The minimum absolute atomic E-state index is 0.00685. The molecular weight excluding hydrogens is 340 g/mol. The molecular formula is C21H26N4O2. The normalized spacial score (nSPS) is 16.1. The Bertz CT molecular complexity index is 807. The van der Waals surface area contributed by atoms with E-state index in [1.807, 2.05) is 37.3 Å². The van der Waals surface area contributed by atoms with Crippen LogP contribution < -0.4 is 10.6 Å². The van der Waals surface area contributed by atoms with Gasteiger partial charge in [-0.1, -0.05) is 25.1 Å². The van der Waals surface area contributed by atoms with Gasteiger partial charge in [-0.3, -0.25) is 9.78 Å². The number of rotatable bonds is 6. The fraction of sp³-hybridized carbons (Fsp3) is 0.381. The van der Waals surface area contributed by atoms with Gasteiger partial charge in [-0.15, -0.1) is 0 Å². The lowest BCUT2D eigenvalue weighted by atomic mass is 10.1. The highest BCUT2D eigenvalue weighted by Gasteiger charge is 2.26. The molecule has 0 spiro atoms. The number of urea groups is 1. The molecule has 1 saturated heterocycles. The van der Waals surface area contributed by atoms with E-state index in [-0.39, 0.29) is 18.0 Å². The molecule has 6 heteroatoms. The van der Waals surface area contributed by atoms with Gasteiger partial charge in [-0.25, -0.2) is 4.79 Å². The molecule has 1 aromatic heterocycles. The first kappa shape index (κ1) is 18.9. The third kappa shape index (κ3) is 4.84. The lowest BCUT2D eigenvalue weighted by Crippen LogP contribution is -2.43. The van der Waals surface area contributed by atoms with Crippen LogP contribution in [0, 0.1) is 6.92 Å². The maximum atomic E-state index is 13.1. The van der Waals surface area contributed by atoms with Crippen molar-refractivity contribution < 1.29 is 9.59 Å². The zero-order chi connectivity index (χ0) is 19.2. The van der Waals surface area contributed by atoms with Crippen LogP contribution in [0.25, 0.3) is 0 Å². The van der Waals surface area contributed by atoms with Crippen molar-refractivity contribution >= 4 is 17.6 Å². The molecule has 1 aromatic carbocycles. The van der Waals surface area contributed by atoms with E-state index in [0.29, 0.717) is 19.5 Å². The topological polar surface area (TPSA) is 74.3 Å². The summed E-state index contributed by atoms with van der Waals surface area (Å²) in [5.74, 6) is 0.0523. The van der Waals surface area contributed by atoms with Crippen molar-refractivity contribution in [3.63, 3.8) is 0 Å². The molecule has 142 valence electrons. The van der Waals surface area contributed by atoms with Crippen LogP contribution in [0.15, 0.2) is 42.7 Å². The van der Waals surface area contributed by atoms with Gasteiger partial charge in [-0.2, -0.15) is 0 Å². The summed E-state index contributed by atoms with van der Waals surface area (Å²) in [6.07, 6.45) is 5.57. The number of anilines is 1. The zero-order valence-electron chi connectivity index (χ0n) is 15.9. The number of pyridine rings is 1. The van der Waals surface area contributed by atoms with E-state index in [4.69, 9.17) is 0 Å². The summed E-state index contributed by atoms with van der Waals surface area (Å²) in [7, 11) is 0. The van der Waals surface area contributed by atoms with Gasteiger partial charge >= 0.3 is 6.03 Å². The molecule has 1 fully saturated rings. The summed E-state index contributed by atoms with van der Waals surface area (Å²) in [5.41, 5.74) is 4.03. The second-order valence-electron chi connectivity index (χ2n) is 6.93. The van der Waals surface area contributed by atoms with E-state index in [9.17, 15) is 9.59 Å². The maximum Gasteiger partial charge on any atom is 0.322 e. The molecule has 27 heavy (non-hydrogen) atoms. The smallest absolute Gasteiger partial charge is 0.322 e. The zero-order valence-corrected chi connectivity index (χ0v) is 15.9. The largest absolute Gasteiger partial charge is 0.352 e. The van der Waals surface area contributed by atoms with Gasteiger partial charge in [0.1, 0.15) is 0 Å². The SMILES string of the molecule is CCc1cccc(C)c1NC(=O)N(Cc1ccncc1)C[C@@H]1CCC(=O)N1. The van der Waals surface area contributed by atoms with Crippen molar-refractivity contribution in [1.82, 2.24) is 15.2 Å². The number of carbonyl (C=O) groups is 2. The standard InChI is InChI=1S/C21H26N4O2/c1-3-17-6-4-5-15(2)20(17)24-21(27)25(13-16-9-11-22-12-10-16)14-18-7-8-19(26)23-18/h4-6,9-12,18H,3,7-8,13-14H2,1-2H3,(H,23,26)(H,24,27)/t18-/m0/s1. The molecule has 0 saturated carbocycles. The van der Waals surface area contributed by atoms with Crippen LogP contribution in [0.4, 0.5) is 10.5 Å². The monoisotopic (exact) mass is 366 g/mol. The van der Waals surface area contributed by atoms with Crippen LogP contribution in [0.2, 0.25) is 0 Å². The second kappa shape index (κ2) is 8.66. The fourth-order valence-corrected chi connectivity index (χ4v) is 3.40. The van der Waals surface area contributed by atoms with Crippen LogP contribution >= 0.6 is 0 Å². The van der Waals surface area contributed by atoms with Gasteiger partial charge in [0.15, 0.2) is 0 Å². The first-order chi connectivity index (χ1) is 13.1. The number of hydrogen-bond donors (Lipinski definition) is 2. The van der Waals surface area contributed by atoms with Crippen LogP contribution in [0.5, 0.6) is 0 Å². The van der Waals surface area contributed by atoms with Crippen molar-refractivity contribution in [2.75, 3.05) is 11.9 Å².